The van der Waals surface area contributed by atoms with E-state index in [2.05, 4.69) is 36.1 Å². The zero-order valence-electron chi connectivity index (χ0n) is 15.0. The van der Waals surface area contributed by atoms with Gasteiger partial charge in [-0.1, -0.05) is 29.8 Å². The molecular weight excluding hydrogens is 312 g/mol. The molecular formula is C21H26N2O2. The van der Waals surface area contributed by atoms with Gasteiger partial charge in [0, 0.05) is 43.1 Å². The third-order valence-corrected chi connectivity index (χ3v) is 7.50. The minimum absolute atomic E-state index is 0.00850. The van der Waals surface area contributed by atoms with Gasteiger partial charge in [-0.05, 0) is 43.9 Å². The molecule has 2 saturated heterocycles. The van der Waals surface area contributed by atoms with Gasteiger partial charge in [0.05, 0.1) is 6.04 Å². The molecule has 5 rings (SSSR count). The van der Waals surface area contributed by atoms with Crippen LogP contribution in [0.25, 0.3) is 0 Å². The van der Waals surface area contributed by atoms with Crippen LogP contribution in [0.5, 0.6) is 0 Å². The summed E-state index contributed by atoms with van der Waals surface area (Å²) in [5, 5.41) is 10.4. The van der Waals surface area contributed by atoms with E-state index in [1.54, 1.807) is 6.92 Å². The number of carbonyl (C=O) groups excluding carboxylic acids is 1. The number of amides is 1. The van der Waals surface area contributed by atoms with E-state index >= 15 is 0 Å². The second kappa shape index (κ2) is 5.18. The third-order valence-electron chi connectivity index (χ3n) is 7.50. The summed E-state index contributed by atoms with van der Waals surface area (Å²) in [6.07, 6.45) is 4.44. The fourth-order valence-electron chi connectivity index (χ4n) is 6.69. The summed E-state index contributed by atoms with van der Waals surface area (Å²) in [4.78, 5) is 17.3. The number of hydrogen-bond acceptors (Lipinski definition) is 3. The highest BCUT2D eigenvalue weighted by molar-refractivity contribution is 5.96. The minimum atomic E-state index is -0.00850. The van der Waals surface area contributed by atoms with Crippen LogP contribution in [0.1, 0.15) is 32.3 Å². The van der Waals surface area contributed by atoms with Gasteiger partial charge in [-0.15, -0.1) is 0 Å². The second-order valence-corrected chi connectivity index (χ2v) is 8.18. The first-order chi connectivity index (χ1) is 12.1. The summed E-state index contributed by atoms with van der Waals surface area (Å²) in [6.45, 7) is 6.06. The van der Waals surface area contributed by atoms with E-state index in [-0.39, 0.29) is 29.9 Å². The van der Waals surface area contributed by atoms with Gasteiger partial charge in [0.25, 0.3) is 0 Å². The van der Waals surface area contributed by atoms with Crippen molar-refractivity contribution in [3.8, 4) is 0 Å². The van der Waals surface area contributed by atoms with Crippen LogP contribution < -0.4 is 4.90 Å². The Morgan fingerprint density at radius 2 is 2.20 bits per heavy atom. The normalized spacial score (nSPS) is 40.3. The predicted octanol–water partition coefficient (Wildman–Crippen LogP) is 2.32. The summed E-state index contributed by atoms with van der Waals surface area (Å²) in [7, 11) is 0. The van der Waals surface area contributed by atoms with E-state index in [4.69, 9.17) is 0 Å². The van der Waals surface area contributed by atoms with Crippen LogP contribution in [0.4, 0.5) is 5.69 Å². The molecule has 1 saturated carbocycles. The first-order valence-electron chi connectivity index (χ1n) is 9.52. The summed E-state index contributed by atoms with van der Waals surface area (Å²) in [5.41, 5.74) is 3.86. The molecule has 3 fully saturated rings. The van der Waals surface area contributed by atoms with Gasteiger partial charge >= 0.3 is 0 Å². The maximum atomic E-state index is 12.7. The molecule has 4 heteroatoms. The molecule has 2 bridgehead atoms. The Kier molecular flexibility index (Phi) is 3.23. The molecule has 132 valence electrons. The van der Waals surface area contributed by atoms with Gasteiger partial charge in [-0.25, -0.2) is 0 Å². The number of nitrogens with zero attached hydrogens (tertiary/aromatic N) is 2. The van der Waals surface area contributed by atoms with Crippen LogP contribution in [0, 0.1) is 11.8 Å². The van der Waals surface area contributed by atoms with Crippen molar-refractivity contribution < 1.29 is 9.90 Å². The molecule has 0 radical (unpaired) electrons. The predicted molar refractivity (Wildman–Crippen MR) is 97.5 cm³/mol. The van der Waals surface area contributed by atoms with E-state index < -0.39 is 0 Å². The fourth-order valence-corrected chi connectivity index (χ4v) is 6.69. The lowest BCUT2D eigenvalue weighted by Gasteiger charge is -2.56. The Labute approximate surface area is 149 Å². The second-order valence-electron chi connectivity index (χ2n) is 8.18. The highest BCUT2D eigenvalue weighted by atomic mass is 16.3. The number of piperidine rings is 1. The molecule has 25 heavy (non-hydrogen) atoms. The minimum Gasteiger partial charge on any atom is -0.396 e. The van der Waals surface area contributed by atoms with Gasteiger partial charge < -0.3 is 10.0 Å². The Hall–Kier alpha value is -1.65. The molecule has 4 nitrogen and oxygen atoms in total. The lowest BCUT2D eigenvalue weighted by Crippen LogP contribution is -2.65. The lowest BCUT2D eigenvalue weighted by molar-refractivity contribution is -0.118. The van der Waals surface area contributed by atoms with E-state index in [9.17, 15) is 9.90 Å². The van der Waals surface area contributed by atoms with Gasteiger partial charge in [-0.3, -0.25) is 9.69 Å². The van der Waals surface area contributed by atoms with Crippen LogP contribution >= 0.6 is 0 Å². The molecule has 0 aromatic heterocycles. The molecule has 1 aromatic carbocycles. The Morgan fingerprint density at radius 3 is 2.92 bits per heavy atom. The first kappa shape index (κ1) is 15.6. The molecule has 1 aromatic rings. The van der Waals surface area contributed by atoms with Gasteiger partial charge in [0.15, 0.2) is 0 Å². The number of para-hydroxylation sites is 1. The monoisotopic (exact) mass is 338 g/mol. The SMILES string of the molecule is CC=C1CN2CC[C@@]34c5ccccc5N(C(C)=O)[C@H]3[C@@H](CO)[C@H]1C[C@H]24. The van der Waals surface area contributed by atoms with E-state index in [1.807, 2.05) is 11.0 Å². The number of anilines is 1. The maximum Gasteiger partial charge on any atom is 0.224 e. The van der Waals surface area contributed by atoms with Crippen molar-refractivity contribution >= 4 is 11.6 Å². The average Bonchev–Trinajstić information content (AvgIpc) is 3.15. The molecule has 1 spiro atoms. The smallest absolute Gasteiger partial charge is 0.224 e. The number of fused-ring (bicyclic) bond motifs is 2. The highest BCUT2D eigenvalue weighted by Crippen LogP contribution is 2.63. The molecule has 3 aliphatic heterocycles. The number of rotatable bonds is 1. The van der Waals surface area contributed by atoms with Crippen molar-refractivity contribution in [2.75, 3.05) is 24.6 Å². The van der Waals surface area contributed by atoms with Crippen LogP contribution in [0.15, 0.2) is 35.9 Å². The van der Waals surface area contributed by atoms with Crippen LogP contribution in [0.3, 0.4) is 0 Å². The van der Waals surface area contributed by atoms with Gasteiger partial charge in [-0.2, -0.15) is 0 Å². The summed E-state index contributed by atoms with van der Waals surface area (Å²) < 4.78 is 0. The topological polar surface area (TPSA) is 43.8 Å². The van der Waals surface area contributed by atoms with Crippen molar-refractivity contribution in [1.29, 1.82) is 0 Å². The number of aliphatic hydroxyl groups is 1. The molecule has 3 heterocycles. The molecule has 1 aliphatic carbocycles. The van der Waals surface area contributed by atoms with Crippen LogP contribution in [-0.4, -0.2) is 47.7 Å². The number of allylic oxidation sites excluding steroid dienone is 1. The quantitative estimate of drug-likeness (QED) is 0.799. The van der Waals surface area contributed by atoms with E-state index in [0.717, 1.165) is 31.6 Å². The summed E-state index contributed by atoms with van der Waals surface area (Å²) in [5.74, 6) is 0.621. The van der Waals surface area contributed by atoms with E-state index in [0.29, 0.717) is 12.0 Å². The largest absolute Gasteiger partial charge is 0.396 e. The summed E-state index contributed by atoms with van der Waals surface area (Å²) >= 11 is 0. The molecule has 0 unspecified atom stereocenters. The fraction of sp³-hybridized carbons (Fsp3) is 0.571. The van der Waals surface area contributed by atoms with Gasteiger partial charge in [0.1, 0.15) is 0 Å². The Bertz CT molecular complexity index is 773. The number of benzene rings is 1. The number of aliphatic hydroxyl groups excluding tert-OH is 1. The average molecular weight is 338 g/mol. The van der Waals surface area contributed by atoms with Crippen molar-refractivity contribution in [2.24, 2.45) is 11.8 Å². The van der Waals surface area contributed by atoms with E-state index in [1.165, 1.54) is 11.1 Å². The molecule has 1 amide bonds. The van der Waals surface area contributed by atoms with Crippen molar-refractivity contribution in [2.45, 2.75) is 44.2 Å². The lowest BCUT2D eigenvalue weighted by atomic mass is 9.55. The zero-order valence-corrected chi connectivity index (χ0v) is 15.0. The van der Waals surface area contributed by atoms with Crippen molar-refractivity contribution in [3.05, 3.63) is 41.5 Å². The van der Waals surface area contributed by atoms with Crippen molar-refractivity contribution in [3.63, 3.8) is 0 Å². The Morgan fingerprint density at radius 1 is 1.40 bits per heavy atom. The van der Waals surface area contributed by atoms with Crippen molar-refractivity contribution in [1.82, 2.24) is 4.90 Å². The van der Waals surface area contributed by atoms with Gasteiger partial charge in [0.2, 0.25) is 5.91 Å². The number of hydrogen-bond donors (Lipinski definition) is 1. The molecule has 5 atom stereocenters. The first-order valence-corrected chi connectivity index (χ1v) is 9.52. The zero-order chi connectivity index (χ0) is 17.3. The number of carbonyl (C=O) groups is 1. The molecule has 4 aliphatic rings. The highest BCUT2D eigenvalue weighted by Gasteiger charge is 2.67. The summed E-state index contributed by atoms with van der Waals surface area (Å²) in [6, 6.07) is 9.04. The third kappa shape index (κ3) is 1.72. The molecule has 1 N–H and O–H groups in total. The standard InChI is InChI=1S/C21H26N2O2/c1-3-14-11-22-9-8-21-17-6-4-5-7-18(17)23(13(2)25)20(21)16(12-24)15(14)10-19(21)22/h3-7,15-16,19-20,24H,8-12H2,1-2H3/t15-,16-,19-,20-,21-/m0/s1. The van der Waals surface area contributed by atoms with Crippen LogP contribution in [-0.2, 0) is 10.2 Å². The van der Waals surface area contributed by atoms with Crippen LogP contribution in [0.2, 0.25) is 0 Å². The maximum absolute atomic E-state index is 12.7. The Balaban J connectivity index is 1.77.